The van der Waals surface area contributed by atoms with Gasteiger partial charge in [0.2, 0.25) is 0 Å². The summed E-state index contributed by atoms with van der Waals surface area (Å²) >= 11 is 1.67. The molecule has 23 nitrogen and oxygen atoms in total. The SMILES string of the molecule is C=C(C)C(=O)ON1C(=O)c2cccc3cccc(c23)C1=O.C=Cc1ccc(OC(C)=O)cc1.C=Cc1ccccc1.CCC(CC(C)(CC(C)c1ccccc1)C(=O)ON1C(=O)c2cccc3cccc(c23)C1=O)c1ccc(O)cc1.CCC(CC(C)(CC(C)c1ccccc1)C(=O)ON1C(=O)c2cccc3cccc(c23)C1=O)c1ccc(OC(C)=O)cc1.N.O.[B].[NH]=[Al]. The maximum absolute atomic E-state index is 14.2. The molecule has 0 bridgehead atoms. The first-order valence-corrected chi connectivity index (χ1v) is 41.6. The summed E-state index contributed by atoms with van der Waals surface area (Å²) in [7, 11) is 0. The Morgan fingerprint density at radius 3 is 0.938 bits per heavy atom. The molecular weight excluding hydrogens is 1640 g/mol. The van der Waals surface area contributed by atoms with Crippen LogP contribution in [0.2, 0.25) is 0 Å². The summed E-state index contributed by atoms with van der Waals surface area (Å²) in [6, 6.07) is 82.6. The fourth-order valence-corrected chi connectivity index (χ4v) is 15.7. The number of hydrogen-bond acceptors (Lipinski definition) is 19. The van der Waals surface area contributed by atoms with Crippen molar-refractivity contribution in [2.75, 3.05) is 0 Å². The summed E-state index contributed by atoms with van der Waals surface area (Å²) in [6.45, 7) is 26.8. The van der Waals surface area contributed by atoms with Gasteiger partial charge in [0.15, 0.2) is 0 Å². The van der Waals surface area contributed by atoms with Crippen molar-refractivity contribution < 1.29 is 87.3 Å². The molecule has 3 aliphatic heterocycles. The minimum atomic E-state index is -1.06. The third-order valence-electron chi connectivity index (χ3n) is 22.1. The molecule has 0 saturated heterocycles. The van der Waals surface area contributed by atoms with Crippen LogP contribution < -0.4 is 15.6 Å². The Balaban J connectivity index is 0.000000241. The second-order valence-electron chi connectivity index (χ2n) is 31.3. The fourth-order valence-electron chi connectivity index (χ4n) is 15.7. The van der Waals surface area contributed by atoms with Crippen LogP contribution in [0.25, 0.3) is 44.5 Å². The molecule has 658 valence electrons. The Hall–Kier alpha value is -14.5. The number of phenols is 1. The fraction of sp³-hybridized carbons (Fsp3) is 0.202. The molecule has 0 aromatic heterocycles. The number of phenolic OH excluding ortho intramolecular Hbond substituents is 1. The summed E-state index contributed by atoms with van der Waals surface area (Å²) in [5.74, 6) is -5.57. The molecule has 0 fully saturated rings. The van der Waals surface area contributed by atoms with Crippen LogP contribution in [0.5, 0.6) is 17.2 Å². The van der Waals surface area contributed by atoms with E-state index in [0.29, 0.717) is 102 Å². The van der Waals surface area contributed by atoms with Gasteiger partial charge in [0.25, 0.3) is 35.4 Å². The molecular formula is C104H103AlBN5O18. The van der Waals surface area contributed by atoms with Gasteiger partial charge in [-0.25, -0.2) is 14.4 Å². The van der Waals surface area contributed by atoms with E-state index in [2.05, 4.69) is 40.5 Å². The van der Waals surface area contributed by atoms with Gasteiger partial charge in [0.05, 0.1) is 44.2 Å². The predicted molar refractivity (Wildman–Crippen MR) is 500 cm³/mol. The number of nitrogens with one attached hydrogen (secondary N) is 1. The van der Waals surface area contributed by atoms with Crippen LogP contribution in [0.3, 0.4) is 0 Å². The molecule has 0 aliphatic carbocycles. The van der Waals surface area contributed by atoms with E-state index in [-0.39, 0.29) is 61.0 Å². The monoisotopic (exact) mass is 1750 g/mol. The number of hydrogen-bond donors (Lipinski definition) is 3. The normalized spacial score (nSPS) is 13.7. The molecule has 7 N–H and O–H groups in total. The van der Waals surface area contributed by atoms with E-state index < -0.39 is 70.2 Å². The van der Waals surface area contributed by atoms with Crippen molar-refractivity contribution in [2.24, 2.45) is 10.8 Å². The molecule has 6 amide bonds. The molecule has 0 saturated carbocycles. The summed E-state index contributed by atoms with van der Waals surface area (Å²) in [5.41, 5.74) is 6.29. The number of ether oxygens (including phenoxy) is 2. The van der Waals surface area contributed by atoms with Gasteiger partial charge in [0.1, 0.15) is 17.2 Å². The van der Waals surface area contributed by atoms with Crippen molar-refractivity contribution in [3.63, 3.8) is 0 Å². The van der Waals surface area contributed by atoms with E-state index in [1.54, 1.807) is 131 Å². The maximum atomic E-state index is 14.2. The number of esters is 2. The molecule has 6 unspecified atom stereocenters. The number of hydroxylamine groups is 6. The quantitative estimate of drug-likeness (QED) is 0.0166. The number of imide groups is 3. The van der Waals surface area contributed by atoms with Gasteiger partial charge < -0.3 is 40.7 Å². The number of amides is 6. The summed E-state index contributed by atoms with van der Waals surface area (Å²) in [5, 5.41) is 15.6. The molecule has 4 radical (unpaired) electrons. The first-order valence-electron chi connectivity index (χ1n) is 41.1. The first kappa shape index (κ1) is 102. The van der Waals surface area contributed by atoms with Crippen molar-refractivity contribution in [1.82, 2.24) is 21.3 Å². The van der Waals surface area contributed by atoms with Crippen molar-refractivity contribution in [1.29, 1.82) is 4.35 Å². The molecule has 12 aromatic rings. The van der Waals surface area contributed by atoms with Gasteiger partial charge in [-0.05, 0) is 205 Å². The number of aromatic hydroxyl groups is 1. The Morgan fingerprint density at radius 2 is 0.667 bits per heavy atom. The Kier molecular flexibility index (Phi) is 36.8. The van der Waals surface area contributed by atoms with E-state index in [0.717, 1.165) is 56.8 Å². The van der Waals surface area contributed by atoms with Crippen LogP contribution in [0.1, 0.15) is 220 Å². The van der Waals surface area contributed by atoms with Gasteiger partial charge in [-0.15, -0.1) is 0 Å². The number of rotatable bonds is 24. The molecule has 3 heterocycles. The average molecular weight is 1750 g/mol. The van der Waals surface area contributed by atoms with Crippen LogP contribution in [0, 0.1) is 15.2 Å². The standard InChI is InChI=1S/C36H35NO6.C34H33NO5.C16H11NO4.C10H10O2.C8H8.Al.B.H3N.HN.H2O/c1-5-25(27-17-19-29(20-18-27)42-24(3)38)22-36(4,21-23(2)26-11-7-6-8-12-26)35(41)43-37-33(39)30-15-9-13-28-14-10-16-31(32(28)30)34(37)40;1-4-23(25-16-18-27(36)19-17-25)21-34(3,20-22(2)24-10-6-5-7-11-24)33(39)40-35-31(37)28-14-8-12-26-13-9-15-29(30(26)28)32(35)38;1-9(2)16(20)21-17-14(18)11-7-3-5-10-6-4-8-12(13(10)11)15(17)19;1-3-9-4-6-10(7-5-9)12-8(2)11;1-2-8-6-4-3-5-7-8;;;;;/h6-20,23,25H,5,21-22H2,1-4H3;5-19,22-23,36H,4,20-21H2,1-3H3;3-8H,1H2,2H3;3-7H,1H2,2H3;2-7H,1H2;;;1H3;1H;1H2. The van der Waals surface area contributed by atoms with Crippen molar-refractivity contribution in [3.05, 3.63) is 365 Å². The zero-order chi connectivity index (χ0) is 91.1. The van der Waals surface area contributed by atoms with E-state index in [9.17, 15) is 57.8 Å². The van der Waals surface area contributed by atoms with Crippen LogP contribution in [0.15, 0.2) is 298 Å². The van der Waals surface area contributed by atoms with Gasteiger partial charge in [-0.1, -0.05) is 275 Å². The molecule has 12 aromatic carbocycles. The third-order valence-corrected chi connectivity index (χ3v) is 22.1. The molecule has 6 atom stereocenters. The Morgan fingerprint density at radius 1 is 0.395 bits per heavy atom. The van der Waals surface area contributed by atoms with E-state index in [1.807, 2.05) is 191 Å². The number of benzene rings is 12. The number of nitrogens with zero attached hydrogens (tertiary/aromatic N) is 3. The average Bonchev–Trinajstić information content (AvgIpc) is 0.754. The molecule has 3 aliphatic rings. The third kappa shape index (κ3) is 24.6. The summed E-state index contributed by atoms with van der Waals surface area (Å²) in [4.78, 5) is 157. The predicted octanol–water partition coefficient (Wildman–Crippen LogP) is 20.9. The molecule has 15 rings (SSSR count). The van der Waals surface area contributed by atoms with Crippen molar-refractivity contribution in [2.45, 2.75) is 125 Å². The van der Waals surface area contributed by atoms with E-state index >= 15 is 0 Å². The number of carbonyl (C=O) groups excluding carboxylic acids is 11. The Labute approximate surface area is 760 Å². The zero-order valence-corrected chi connectivity index (χ0v) is 74.6. The van der Waals surface area contributed by atoms with E-state index in [4.69, 9.17) is 28.3 Å². The van der Waals surface area contributed by atoms with Crippen molar-refractivity contribution >= 4 is 134 Å². The van der Waals surface area contributed by atoms with Crippen LogP contribution in [0.4, 0.5) is 0 Å². The van der Waals surface area contributed by atoms with Gasteiger partial charge in [0, 0.05) is 44.0 Å². The van der Waals surface area contributed by atoms with Crippen molar-refractivity contribution in [3.8, 4) is 17.2 Å². The second-order valence-corrected chi connectivity index (χ2v) is 31.3. The van der Waals surface area contributed by atoms with Crippen LogP contribution >= 0.6 is 0 Å². The first-order chi connectivity index (χ1) is 60.5. The topological polar surface area (TPSA) is 354 Å². The van der Waals surface area contributed by atoms with Crippen LogP contribution in [-0.4, -0.2) is 116 Å². The van der Waals surface area contributed by atoms with Gasteiger partial charge in [-0.2, -0.15) is 0 Å². The second kappa shape index (κ2) is 46.7. The summed E-state index contributed by atoms with van der Waals surface area (Å²) in [6.07, 6.45) is 6.78. The minimum absolute atomic E-state index is 0. The van der Waals surface area contributed by atoms with Crippen LogP contribution in [-0.2, 0) is 38.5 Å². The number of carbonyl (C=O) groups is 11. The van der Waals surface area contributed by atoms with Gasteiger partial charge in [-0.3, -0.25) is 38.4 Å². The van der Waals surface area contributed by atoms with E-state index in [1.165, 1.54) is 26.3 Å². The molecule has 25 heteroatoms. The Bertz CT molecular complexity index is 5930. The summed E-state index contributed by atoms with van der Waals surface area (Å²) < 4.78 is 15.7. The van der Waals surface area contributed by atoms with Gasteiger partial charge >= 0.3 is 50.3 Å². The zero-order valence-electron chi connectivity index (χ0n) is 73.5. The molecule has 129 heavy (non-hydrogen) atoms. The molecule has 0 spiro atoms.